The molecule has 5 aromatic rings. The van der Waals surface area contributed by atoms with Crippen molar-refractivity contribution in [2.75, 3.05) is 10.5 Å². The normalized spacial score (nSPS) is 11.5. The van der Waals surface area contributed by atoms with E-state index in [0.29, 0.717) is 42.8 Å². The van der Waals surface area contributed by atoms with Crippen LogP contribution < -0.4 is 10.5 Å². The van der Waals surface area contributed by atoms with E-state index < -0.39 is 10.0 Å². The van der Waals surface area contributed by atoms with Crippen LogP contribution in [0.25, 0.3) is 21.5 Å². The summed E-state index contributed by atoms with van der Waals surface area (Å²) in [6.07, 6.45) is 0. The average Bonchev–Trinajstić information content (AvgIpc) is 3.19. The molecular formula is C26H20ClN5O3S2. The lowest BCUT2D eigenvalue weighted by Gasteiger charge is -2.08. The molecule has 0 atom stereocenters. The molecule has 0 radical (unpaired) electrons. The van der Waals surface area contributed by atoms with E-state index in [-0.39, 0.29) is 16.6 Å². The third-order valence-corrected chi connectivity index (χ3v) is 8.28. The molecule has 3 heterocycles. The van der Waals surface area contributed by atoms with E-state index in [1.807, 2.05) is 24.3 Å². The highest BCUT2D eigenvalue weighted by atomic mass is 35.5. The number of nitrogen functional groups attached to an aromatic ring is 1. The van der Waals surface area contributed by atoms with Gasteiger partial charge in [-0.05, 0) is 68.4 Å². The minimum atomic E-state index is -3.94. The number of benzene rings is 2. The fourth-order valence-electron chi connectivity index (χ4n) is 3.81. The quantitative estimate of drug-likeness (QED) is 0.262. The first kappa shape index (κ1) is 24.8. The van der Waals surface area contributed by atoms with Gasteiger partial charge in [0.1, 0.15) is 9.71 Å². The van der Waals surface area contributed by atoms with E-state index in [0.717, 1.165) is 11.3 Å². The zero-order valence-corrected chi connectivity index (χ0v) is 22.1. The Morgan fingerprint density at radius 3 is 2.22 bits per heavy atom. The zero-order chi connectivity index (χ0) is 26.3. The number of nitrogens with two attached hydrogens (primary N) is 1. The molecular weight excluding hydrogens is 530 g/mol. The highest BCUT2D eigenvalue weighted by Gasteiger charge is 2.21. The second kappa shape index (κ2) is 9.55. The molecule has 11 heteroatoms. The smallest absolute Gasteiger partial charge is 0.264 e. The summed E-state index contributed by atoms with van der Waals surface area (Å²) in [5.41, 5.74) is 9.86. The molecule has 186 valence electrons. The molecule has 0 bridgehead atoms. The molecule has 0 aliphatic heterocycles. The first-order valence-corrected chi connectivity index (χ1v) is 13.7. The average molecular weight is 550 g/mol. The summed E-state index contributed by atoms with van der Waals surface area (Å²) < 4.78 is 28.0. The third-order valence-electron chi connectivity index (χ3n) is 5.57. The van der Waals surface area contributed by atoms with Crippen molar-refractivity contribution in [3.63, 3.8) is 0 Å². The lowest BCUT2D eigenvalue weighted by Crippen LogP contribution is -2.16. The number of hydrogen-bond donors (Lipinski definition) is 2. The predicted molar refractivity (Wildman–Crippen MR) is 147 cm³/mol. The van der Waals surface area contributed by atoms with Crippen LogP contribution >= 0.6 is 22.9 Å². The number of rotatable bonds is 6. The van der Waals surface area contributed by atoms with Gasteiger partial charge in [0.2, 0.25) is 11.7 Å². The van der Waals surface area contributed by atoms with Crippen LogP contribution in [0.1, 0.15) is 26.6 Å². The first-order valence-electron chi connectivity index (χ1n) is 11.1. The van der Waals surface area contributed by atoms with Crippen LogP contribution in [0.4, 0.5) is 11.6 Å². The van der Waals surface area contributed by atoms with Gasteiger partial charge in [0.15, 0.2) is 0 Å². The number of nitrogens with zero attached hydrogens (tertiary/aromatic N) is 3. The second-order valence-electron chi connectivity index (χ2n) is 8.33. The van der Waals surface area contributed by atoms with Crippen molar-refractivity contribution < 1.29 is 13.2 Å². The van der Waals surface area contributed by atoms with Crippen LogP contribution in [0.15, 0.2) is 71.6 Å². The Morgan fingerprint density at radius 2 is 1.57 bits per heavy atom. The summed E-state index contributed by atoms with van der Waals surface area (Å²) in [6, 6.07) is 18.4. The molecule has 0 unspecified atom stereocenters. The van der Waals surface area contributed by atoms with Crippen LogP contribution in [-0.4, -0.2) is 29.2 Å². The number of halogens is 1. The third kappa shape index (κ3) is 5.04. The minimum Gasteiger partial charge on any atom is -0.397 e. The van der Waals surface area contributed by atoms with Gasteiger partial charge < -0.3 is 5.73 Å². The van der Waals surface area contributed by atoms with Gasteiger partial charge in [-0.2, -0.15) is 0 Å². The number of anilines is 2. The summed E-state index contributed by atoms with van der Waals surface area (Å²) in [6.45, 7) is 3.50. The van der Waals surface area contributed by atoms with Crippen LogP contribution in [0.5, 0.6) is 0 Å². The maximum atomic E-state index is 13.3. The van der Waals surface area contributed by atoms with Gasteiger partial charge in [0.05, 0.1) is 16.3 Å². The van der Waals surface area contributed by atoms with E-state index in [9.17, 15) is 13.2 Å². The Labute approximate surface area is 222 Å². The van der Waals surface area contributed by atoms with Crippen LogP contribution in [0.2, 0.25) is 5.02 Å². The first-order chi connectivity index (χ1) is 17.6. The van der Waals surface area contributed by atoms with Gasteiger partial charge >= 0.3 is 0 Å². The number of aromatic nitrogens is 3. The lowest BCUT2D eigenvalue weighted by atomic mass is 10.1. The SMILES string of the molecule is Cc1cc(C)nc(NS(=O)(=O)c2ccc(C(=O)c3sc4nc(-c5ccc(Cl)cc5)ccc4c3N)cc2)n1. The number of pyridine rings is 1. The van der Waals surface area contributed by atoms with Gasteiger partial charge in [-0.3, -0.25) is 4.79 Å². The predicted octanol–water partition coefficient (Wildman–Crippen LogP) is 5.64. The maximum absolute atomic E-state index is 13.3. The van der Waals surface area contributed by atoms with Gasteiger partial charge in [-0.15, -0.1) is 11.3 Å². The summed E-state index contributed by atoms with van der Waals surface area (Å²) in [4.78, 5) is 27.1. The van der Waals surface area contributed by atoms with E-state index in [4.69, 9.17) is 17.3 Å². The molecule has 0 aliphatic rings. The monoisotopic (exact) mass is 549 g/mol. The molecule has 37 heavy (non-hydrogen) atoms. The fourth-order valence-corrected chi connectivity index (χ4v) is 5.94. The molecule has 2 aromatic carbocycles. The Hall–Kier alpha value is -3.86. The fraction of sp³-hybridized carbons (Fsp3) is 0.0769. The summed E-state index contributed by atoms with van der Waals surface area (Å²) in [5, 5.41) is 1.31. The highest BCUT2D eigenvalue weighted by molar-refractivity contribution is 7.92. The molecule has 0 fully saturated rings. The molecule has 3 N–H and O–H groups in total. The lowest BCUT2D eigenvalue weighted by molar-refractivity contribution is 0.104. The molecule has 0 saturated carbocycles. The van der Waals surface area contributed by atoms with Crippen molar-refractivity contribution >= 4 is 60.6 Å². The molecule has 0 saturated heterocycles. The van der Waals surface area contributed by atoms with E-state index in [1.54, 1.807) is 32.0 Å². The van der Waals surface area contributed by atoms with Crippen LogP contribution in [0.3, 0.4) is 0 Å². The van der Waals surface area contributed by atoms with E-state index in [1.165, 1.54) is 35.6 Å². The number of carbonyl (C=O) groups is 1. The summed E-state index contributed by atoms with van der Waals surface area (Å²) in [7, 11) is -3.94. The number of nitrogens with one attached hydrogen (secondary N) is 1. The summed E-state index contributed by atoms with van der Waals surface area (Å²) >= 11 is 7.17. The van der Waals surface area contributed by atoms with E-state index >= 15 is 0 Å². The Bertz CT molecular complexity index is 1750. The Morgan fingerprint density at radius 1 is 0.919 bits per heavy atom. The number of fused-ring (bicyclic) bond motifs is 1. The van der Waals surface area contributed by atoms with Crippen LogP contribution in [-0.2, 0) is 10.0 Å². The standard InChI is InChI=1S/C26H20ClN5O3S2/c1-14-13-15(2)30-26(29-14)32-37(34,35)19-9-5-17(6-10-19)23(33)24-22(28)20-11-12-21(31-25(20)36-24)16-3-7-18(27)8-4-16/h3-13H,28H2,1-2H3,(H,29,30,32). The van der Waals surface area contributed by atoms with Crippen molar-refractivity contribution in [3.05, 3.63) is 93.6 Å². The van der Waals surface area contributed by atoms with Crippen LogP contribution in [0, 0.1) is 13.8 Å². The van der Waals surface area contributed by atoms with Gasteiger partial charge in [0.25, 0.3) is 10.0 Å². The molecule has 3 aromatic heterocycles. The summed E-state index contributed by atoms with van der Waals surface area (Å²) in [5.74, 6) is -0.329. The molecule has 0 spiro atoms. The van der Waals surface area contributed by atoms with Gasteiger partial charge in [0, 0.05) is 32.9 Å². The zero-order valence-electron chi connectivity index (χ0n) is 19.7. The number of ketones is 1. The van der Waals surface area contributed by atoms with Crippen molar-refractivity contribution in [2.24, 2.45) is 0 Å². The number of carbonyl (C=O) groups excluding carboxylic acids is 1. The number of aryl methyl sites for hydroxylation is 2. The topological polar surface area (TPSA) is 128 Å². The molecule has 0 aliphatic carbocycles. The Kier molecular flexibility index (Phi) is 6.40. The maximum Gasteiger partial charge on any atom is 0.264 e. The minimum absolute atomic E-state index is 0.0128. The van der Waals surface area contributed by atoms with Crippen molar-refractivity contribution in [1.82, 2.24) is 15.0 Å². The Balaban J connectivity index is 1.41. The molecule has 5 rings (SSSR count). The largest absolute Gasteiger partial charge is 0.397 e. The number of thiophene rings is 1. The van der Waals surface area contributed by atoms with E-state index in [2.05, 4.69) is 19.7 Å². The highest BCUT2D eigenvalue weighted by Crippen LogP contribution is 2.35. The number of sulfonamides is 1. The molecule has 0 amide bonds. The van der Waals surface area contributed by atoms with Gasteiger partial charge in [-0.1, -0.05) is 23.7 Å². The molecule has 8 nitrogen and oxygen atoms in total. The number of hydrogen-bond acceptors (Lipinski definition) is 8. The second-order valence-corrected chi connectivity index (χ2v) is 11.5. The van der Waals surface area contributed by atoms with Crippen molar-refractivity contribution in [3.8, 4) is 11.3 Å². The van der Waals surface area contributed by atoms with Crippen molar-refractivity contribution in [1.29, 1.82) is 0 Å². The van der Waals surface area contributed by atoms with Crippen molar-refractivity contribution in [2.45, 2.75) is 18.7 Å². The van der Waals surface area contributed by atoms with Gasteiger partial charge in [-0.25, -0.2) is 28.1 Å².